The summed E-state index contributed by atoms with van der Waals surface area (Å²) in [6.45, 7) is 16.2. The minimum Gasteiger partial charge on any atom is 0 e. The third kappa shape index (κ3) is 247. The van der Waals surface area contributed by atoms with E-state index in [-0.39, 0.29) is 37.6 Å². The van der Waals surface area contributed by atoms with Crippen LogP contribution in [0, 0.1) is 0 Å². The molecule has 3 nitrogen and oxygen atoms in total. The Morgan fingerprint density at radius 3 is 0.909 bits per heavy atom. The van der Waals surface area contributed by atoms with Gasteiger partial charge in [0.15, 0.2) is 0 Å². The summed E-state index contributed by atoms with van der Waals surface area (Å²) < 4.78 is 0. The Morgan fingerprint density at radius 2 is 0.909 bits per heavy atom. The Bertz CT molecular complexity index is 179. The van der Waals surface area contributed by atoms with Crippen molar-refractivity contribution in [3.8, 4) is 0 Å². The van der Waals surface area contributed by atoms with E-state index in [2.05, 4.69) is 59.9 Å². The number of Topliss-reactive ketones (excluding diaryl/α,β-unsaturated/α-hetero) is 2. The molecule has 0 amide bonds. The van der Waals surface area contributed by atoms with Crippen LogP contribution in [-0.4, -0.2) is 17.9 Å². The van der Waals surface area contributed by atoms with Gasteiger partial charge in [-0.25, -0.2) is 0 Å². The summed E-state index contributed by atoms with van der Waals surface area (Å²) in [6, 6.07) is 0. The first kappa shape index (κ1) is 44.2. The van der Waals surface area contributed by atoms with E-state index in [9.17, 15) is 9.59 Å². The second kappa shape index (κ2) is 56.6. The minimum atomic E-state index is -0.278. The second-order valence-corrected chi connectivity index (χ2v) is 37.9. The van der Waals surface area contributed by atoms with Gasteiger partial charge in [0.2, 0.25) is 0 Å². The van der Waals surface area contributed by atoms with Gasteiger partial charge in [-0.2, -0.15) is 6.92 Å². The summed E-state index contributed by atoms with van der Waals surface area (Å²) in [5.41, 5.74) is 0. The van der Waals surface area contributed by atoms with Crippen LogP contribution in [0.15, 0.2) is 0 Å². The molecule has 0 heterocycles. The van der Waals surface area contributed by atoms with E-state index in [1.807, 2.05) is 41.5 Å². The van der Waals surface area contributed by atoms with Crippen molar-refractivity contribution in [1.29, 1.82) is 0 Å². The Kier molecular flexibility index (Phi) is 114. The molecule has 0 saturated heterocycles. The number of halogens is 3. The predicted octanol–water partition coefficient (Wildman–Crippen LogP) is 6.79. The summed E-state index contributed by atoms with van der Waals surface area (Å²) >= 11 is 7.39. The molecule has 0 aromatic heterocycles. The fraction of sp³-hybridized carbons (Fsp3) is 0.786. The number of rotatable bonds is 2. The van der Waals surface area contributed by atoms with Gasteiger partial charge in [0.05, 0.1) is 0 Å². The maximum absolute atomic E-state index is 9.81. The topological polar surface area (TPSA) is 51.2 Å². The molecule has 0 aromatic carbocycles. The van der Waals surface area contributed by atoms with Crippen molar-refractivity contribution in [2.45, 2.75) is 75.2 Å². The summed E-state index contributed by atoms with van der Waals surface area (Å²) in [5.74, 6) is 0.509. The van der Waals surface area contributed by atoms with Gasteiger partial charge in [-0.05, 0) is 13.8 Å². The molecule has 0 aromatic rings. The zero-order valence-electron chi connectivity index (χ0n) is 15.1. The first-order valence-electron chi connectivity index (χ1n) is 6.74. The van der Waals surface area contributed by atoms with Crippen molar-refractivity contribution in [1.82, 2.24) is 0 Å². The Balaban J connectivity index is -0.0000000253. The maximum atomic E-state index is 9.81. The maximum Gasteiger partial charge on any atom is 0 e. The fourth-order valence-electron chi connectivity index (χ4n) is 0. The van der Waals surface area contributed by atoms with Crippen molar-refractivity contribution >= 4 is 77.8 Å². The van der Waals surface area contributed by atoms with Crippen molar-refractivity contribution in [3.63, 3.8) is 0 Å². The van der Waals surface area contributed by atoms with Crippen LogP contribution in [-0.2, 0) is 40.4 Å². The van der Waals surface area contributed by atoms with Crippen molar-refractivity contribution < 1.29 is 40.4 Å². The molecule has 0 bridgehead atoms. The molecular formula is C14H31I3O3VW-. The van der Waals surface area contributed by atoms with Gasteiger partial charge in [0, 0.05) is 33.9 Å². The van der Waals surface area contributed by atoms with E-state index in [1.165, 1.54) is 13.2 Å². The molecule has 0 aliphatic rings. The first-order chi connectivity index (χ1) is 9.69. The van der Waals surface area contributed by atoms with Gasteiger partial charge in [-0.3, -0.25) is 6.29 Å². The number of carbonyl (C=O) groups is 2. The van der Waals surface area contributed by atoms with E-state index >= 15 is 0 Å². The number of hydrogen-bond acceptors (Lipinski definition) is 3. The fourth-order valence-corrected chi connectivity index (χ4v) is 0. The van der Waals surface area contributed by atoms with Gasteiger partial charge in [0.25, 0.3) is 0 Å². The minimum absolute atomic E-state index is 0. The molecule has 0 rings (SSSR count). The van der Waals surface area contributed by atoms with Crippen LogP contribution in [0.25, 0.3) is 0 Å². The molecule has 0 radical (unpaired) electrons. The van der Waals surface area contributed by atoms with Gasteiger partial charge in [-0.1, -0.05) is 41.5 Å². The van der Waals surface area contributed by atoms with Crippen molar-refractivity contribution in [2.24, 2.45) is 0 Å². The van der Waals surface area contributed by atoms with Gasteiger partial charge in [0.1, 0.15) is 11.6 Å². The summed E-state index contributed by atoms with van der Waals surface area (Å²) in [5, 5.41) is 0. The Hall–Kier alpha value is 2.47. The molecule has 0 saturated carbocycles. The predicted molar refractivity (Wildman–Crippen MR) is 118 cm³/mol. The second-order valence-electron chi connectivity index (χ2n) is 2.51. The SMILES string of the molecule is CC.CC.CCC(C)=O.CCC(C)=O.C[C-]=O.[I][V]([I])[I].[W]. The van der Waals surface area contributed by atoms with Crippen molar-refractivity contribution in [3.05, 3.63) is 0 Å². The molecule has 8 heteroatoms. The van der Waals surface area contributed by atoms with Crippen LogP contribution in [0.4, 0.5) is 0 Å². The van der Waals surface area contributed by atoms with E-state index in [1.54, 1.807) is 13.8 Å². The van der Waals surface area contributed by atoms with Crippen LogP contribution in [0.2, 0.25) is 0 Å². The molecule has 0 aliphatic heterocycles. The molecule has 0 unspecified atom stereocenters. The third-order valence-corrected chi connectivity index (χ3v) is 0.996. The number of hydrogen-bond donors (Lipinski definition) is 0. The summed E-state index contributed by atoms with van der Waals surface area (Å²) in [4.78, 5) is 28.0. The molecule has 0 aliphatic carbocycles. The Morgan fingerprint density at radius 1 is 0.864 bits per heavy atom. The largest absolute Gasteiger partial charge is 0 e. The summed E-state index contributed by atoms with van der Waals surface area (Å²) in [6.07, 6.45) is 2.83. The van der Waals surface area contributed by atoms with E-state index < -0.39 is 0 Å². The van der Waals surface area contributed by atoms with Crippen LogP contribution in [0.1, 0.15) is 75.2 Å². The zero-order chi connectivity index (χ0) is 18.9. The van der Waals surface area contributed by atoms with Gasteiger partial charge < -0.3 is 14.4 Å². The smallest absolute Gasteiger partial charge is 0 e. The van der Waals surface area contributed by atoms with Crippen LogP contribution in [0.3, 0.4) is 0 Å². The molecule has 0 fully saturated rings. The van der Waals surface area contributed by atoms with Gasteiger partial charge >= 0.3 is 64.9 Å². The van der Waals surface area contributed by atoms with Crippen LogP contribution < -0.4 is 0 Å². The molecule has 0 N–H and O–H groups in total. The summed E-state index contributed by atoms with van der Waals surface area (Å²) in [7, 11) is 0. The van der Waals surface area contributed by atoms with E-state index in [4.69, 9.17) is 4.79 Å². The quantitative estimate of drug-likeness (QED) is 0.227. The van der Waals surface area contributed by atoms with Crippen molar-refractivity contribution in [2.75, 3.05) is 0 Å². The molecule has 0 atom stereocenters. The zero-order valence-corrected chi connectivity index (χ0v) is 25.9. The molecule has 22 heavy (non-hydrogen) atoms. The average molecular weight is 863 g/mol. The Labute approximate surface area is 190 Å². The molecule has 0 spiro atoms. The monoisotopic (exact) mass is 863 g/mol. The normalized spacial score (nSPS) is 6.23. The van der Waals surface area contributed by atoms with E-state index in [0.717, 1.165) is 0 Å². The number of carbonyl (C=O) groups excluding carboxylic acids is 3. The average Bonchev–Trinajstić information content (AvgIpc) is 2.44. The van der Waals surface area contributed by atoms with Gasteiger partial charge in [-0.15, -0.1) is 0 Å². The van der Waals surface area contributed by atoms with E-state index in [0.29, 0.717) is 12.8 Å². The number of ketones is 2. The molecular weight excluding hydrogens is 832 g/mol. The third-order valence-electron chi connectivity index (χ3n) is 0.996. The molecule has 138 valence electrons. The van der Waals surface area contributed by atoms with Crippen LogP contribution in [0.5, 0.6) is 0 Å². The first-order valence-corrected chi connectivity index (χ1v) is 20.3. The van der Waals surface area contributed by atoms with Crippen LogP contribution >= 0.6 is 59.9 Å². The standard InChI is InChI=1S/2C4H8O.C2H3O.2C2H6.3HI.V.W/c2*1-3-4(2)5;1-2-3;2*1-2;;;;;/h2*3H2,1-2H3;1H3;2*1-2H3;3*1H;;/q;;-1;;;;;;+3;/p-3.